The van der Waals surface area contributed by atoms with Crippen LogP contribution < -0.4 is 14.4 Å². The Hall–Kier alpha value is -1.38. The van der Waals surface area contributed by atoms with E-state index in [9.17, 15) is 0 Å². The number of anilines is 1. The summed E-state index contributed by atoms with van der Waals surface area (Å²) >= 11 is 0. The lowest BCUT2D eigenvalue weighted by atomic mass is 10.2. The Morgan fingerprint density at radius 3 is 3.07 bits per heavy atom. The van der Waals surface area contributed by atoms with Gasteiger partial charge in [-0.05, 0) is 18.6 Å². The van der Waals surface area contributed by atoms with Gasteiger partial charge >= 0.3 is 0 Å². The minimum Gasteiger partial charge on any atom is -0.493 e. The van der Waals surface area contributed by atoms with Gasteiger partial charge in [-0.2, -0.15) is 0 Å². The molecule has 1 heterocycles. The van der Waals surface area contributed by atoms with Crippen LogP contribution in [0.2, 0.25) is 0 Å². The average Bonchev–Trinajstić information content (AvgIpc) is 2.41. The van der Waals surface area contributed by atoms with Crippen LogP contribution in [0.15, 0.2) is 18.2 Å². The maximum absolute atomic E-state index is 5.67. The summed E-state index contributed by atoms with van der Waals surface area (Å²) in [7, 11) is 3.75. The average molecular weight is 193 g/mol. The number of benzene rings is 1. The predicted molar refractivity (Wildman–Crippen MR) is 56.4 cm³/mol. The van der Waals surface area contributed by atoms with Crippen LogP contribution >= 0.6 is 0 Å². The summed E-state index contributed by atoms with van der Waals surface area (Å²) in [5.74, 6) is 1.69. The summed E-state index contributed by atoms with van der Waals surface area (Å²) in [6.45, 7) is 1.79. The standard InChI is InChI=1S/C11H15NO2/c1-12-7-4-8-14-11-9(12)5-3-6-10(11)13-2/h3,5-6H,4,7-8H2,1-2H3. The molecule has 3 nitrogen and oxygen atoms in total. The number of fused-ring (bicyclic) bond motifs is 1. The zero-order valence-electron chi connectivity index (χ0n) is 8.62. The number of hydrogen-bond acceptors (Lipinski definition) is 3. The minimum absolute atomic E-state index is 0.762. The fourth-order valence-corrected chi connectivity index (χ4v) is 1.71. The zero-order valence-corrected chi connectivity index (χ0v) is 8.62. The van der Waals surface area contributed by atoms with Crippen molar-refractivity contribution in [3.8, 4) is 11.5 Å². The van der Waals surface area contributed by atoms with Crippen LogP contribution in [0.4, 0.5) is 5.69 Å². The van der Waals surface area contributed by atoms with Crippen molar-refractivity contribution in [1.82, 2.24) is 0 Å². The summed E-state index contributed by atoms with van der Waals surface area (Å²) in [4.78, 5) is 2.20. The summed E-state index contributed by atoms with van der Waals surface area (Å²) in [5, 5.41) is 0. The molecule has 2 rings (SSSR count). The number of nitrogens with zero attached hydrogens (tertiary/aromatic N) is 1. The highest BCUT2D eigenvalue weighted by atomic mass is 16.5. The molecular formula is C11H15NO2. The van der Waals surface area contributed by atoms with Crippen LogP contribution in [0.5, 0.6) is 11.5 Å². The highest BCUT2D eigenvalue weighted by Gasteiger charge is 2.16. The molecular weight excluding hydrogens is 178 g/mol. The Labute approximate surface area is 84.2 Å². The molecule has 0 unspecified atom stereocenters. The lowest BCUT2D eigenvalue weighted by Gasteiger charge is -2.18. The second-order valence-electron chi connectivity index (χ2n) is 3.43. The zero-order chi connectivity index (χ0) is 9.97. The molecule has 0 aromatic heterocycles. The predicted octanol–water partition coefficient (Wildman–Crippen LogP) is 1.91. The molecule has 14 heavy (non-hydrogen) atoms. The molecule has 0 aliphatic carbocycles. The third-order valence-corrected chi connectivity index (χ3v) is 2.47. The highest BCUT2D eigenvalue weighted by molar-refractivity contribution is 5.64. The molecule has 0 bridgehead atoms. The van der Waals surface area contributed by atoms with E-state index in [0.29, 0.717) is 0 Å². The van der Waals surface area contributed by atoms with Crippen molar-refractivity contribution < 1.29 is 9.47 Å². The molecule has 0 saturated heterocycles. The number of rotatable bonds is 1. The SMILES string of the molecule is COc1cccc2c1OCCCN2C. The van der Waals surface area contributed by atoms with Crippen molar-refractivity contribution in [1.29, 1.82) is 0 Å². The quantitative estimate of drug-likeness (QED) is 0.680. The fraction of sp³-hybridized carbons (Fsp3) is 0.455. The summed E-state index contributed by atoms with van der Waals surface area (Å²) in [6, 6.07) is 5.98. The molecule has 0 N–H and O–H groups in total. The maximum Gasteiger partial charge on any atom is 0.184 e. The van der Waals surface area contributed by atoms with Crippen molar-refractivity contribution in [2.24, 2.45) is 0 Å². The molecule has 0 saturated carbocycles. The smallest absolute Gasteiger partial charge is 0.184 e. The molecule has 0 radical (unpaired) electrons. The van der Waals surface area contributed by atoms with Gasteiger partial charge < -0.3 is 14.4 Å². The van der Waals surface area contributed by atoms with E-state index in [1.54, 1.807) is 7.11 Å². The van der Waals surface area contributed by atoms with Gasteiger partial charge in [-0.15, -0.1) is 0 Å². The van der Waals surface area contributed by atoms with Gasteiger partial charge in [0.25, 0.3) is 0 Å². The van der Waals surface area contributed by atoms with Gasteiger partial charge in [0.05, 0.1) is 19.4 Å². The summed E-state index contributed by atoms with van der Waals surface area (Å²) in [6.07, 6.45) is 1.05. The second-order valence-corrected chi connectivity index (χ2v) is 3.43. The van der Waals surface area contributed by atoms with E-state index in [-0.39, 0.29) is 0 Å². The Kier molecular flexibility index (Phi) is 2.48. The van der Waals surface area contributed by atoms with Crippen molar-refractivity contribution in [2.45, 2.75) is 6.42 Å². The van der Waals surface area contributed by atoms with Gasteiger partial charge in [-0.25, -0.2) is 0 Å². The summed E-state index contributed by atoms with van der Waals surface area (Å²) in [5.41, 5.74) is 1.11. The van der Waals surface area contributed by atoms with Crippen molar-refractivity contribution in [2.75, 3.05) is 32.2 Å². The van der Waals surface area contributed by atoms with Crippen molar-refractivity contribution in [3.63, 3.8) is 0 Å². The van der Waals surface area contributed by atoms with Gasteiger partial charge in [0.15, 0.2) is 11.5 Å². The fourth-order valence-electron chi connectivity index (χ4n) is 1.71. The lowest BCUT2D eigenvalue weighted by Crippen LogP contribution is -2.17. The molecule has 1 aromatic rings. The number of hydrogen-bond donors (Lipinski definition) is 0. The largest absolute Gasteiger partial charge is 0.493 e. The van der Waals surface area contributed by atoms with Gasteiger partial charge in [-0.1, -0.05) is 6.07 Å². The van der Waals surface area contributed by atoms with E-state index in [0.717, 1.165) is 36.8 Å². The molecule has 1 aliphatic rings. The second kappa shape index (κ2) is 3.78. The normalized spacial score (nSPS) is 15.4. The Morgan fingerprint density at radius 2 is 2.29 bits per heavy atom. The molecule has 76 valence electrons. The third-order valence-electron chi connectivity index (χ3n) is 2.47. The number of methoxy groups -OCH3 is 1. The van der Waals surface area contributed by atoms with Crippen LogP contribution in [-0.2, 0) is 0 Å². The Balaban J connectivity index is 2.46. The molecule has 0 spiro atoms. The molecule has 0 fully saturated rings. The van der Waals surface area contributed by atoms with Crippen molar-refractivity contribution in [3.05, 3.63) is 18.2 Å². The first kappa shape index (κ1) is 9.19. The minimum atomic E-state index is 0.762. The monoisotopic (exact) mass is 193 g/mol. The third kappa shape index (κ3) is 1.50. The molecule has 0 atom stereocenters. The molecule has 3 heteroatoms. The van der Waals surface area contributed by atoms with E-state index in [2.05, 4.69) is 18.0 Å². The molecule has 0 amide bonds. The maximum atomic E-state index is 5.67. The van der Waals surface area contributed by atoms with Gasteiger partial charge in [0.1, 0.15) is 0 Å². The van der Waals surface area contributed by atoms with E-state index in [4.69, 9.17) is 9.47 Å². The lowest BCUT2D eigenvalue weighted by molar-refractivity contribution is 0.299. The topological polar surface area (TPSA) is 21.7 Å². The van der Waals surface area contributed by atoms with Crippen LogP contribution in [0.25, 0.3) is 0 Å². The van der Waals surface area contributed by atoms with E-state index in [1.165, 1.54) is 0 Å². The van der Waals surface area contributed by atoms with Crippen LogP contribution in [0, 0.1) is 0 Å². The first-order chi connectivity index (χ1) is 6.83. The number of ether oxygens (including phenoxy) is 2. The van der Waals surface area contributed by atoms with Gasteiger partial charge in [0, 0.05) is 13.6 Å². The molecule has 1 aliphatic heterocycles. The van der Waals surface area contributed by atoms with E-state index >= 15 is 0 Å². The van der Waals surface area contributed by atoms with Crippen LogP contribution in [0.1, 0.15) is 6.42 Å². The number of para-hydroxylation sites is 1. The Bertz CT molecular complexity index is 325. The van der Waals surface area contributed by atoms with Crippen LogP contribution in [0.3, 0.4) is 0 Å². The first-order valence-electron chi connectivity index (χ1n) is 4.84. The van der Waals surface area contributed by atoms with E-state index < -0.39 is 0 Å². The van der Waals surface area contributed by atoms with Crippen LogP contribution in [-0.4, -0.2) is 27.3 Å². The van der Waals surface area contributed by atoms with Gasteiger partial charge in [-0.3, -0.25) is 0 Å². The highest BCUT2D eigenvalue weighted by Crippen LogP contribution is 2.38. The first-order valence-corrected chi connectivity index (χ1v) is 4.84. The Morgan fingerprint density at radius 1 is 1.43 bits per heavy atom. The molecule has 1 aromatic carbocycles. The van der Waals surface area contributed by atoms with Crippen molar-refractivity contribution >= 4 is 5.69 Å². The summed E-state index contributed by atoms with van der Waals surface area (Å²) < 4.78 is 10.9. The van der Waals surface area contributed by atoms with Gasteiger partial charge in [0.2, 0.25) is 0 Å². The van der Waals surface area contributed by atoms with E-state index in [1.807, 2.05) is 12.1 Å².